The molecular weight excluding hydrogens is 308 g/mol. The van der Waals surface area contributed by atoms with Crippen molar-refractivity contribution >= 4 is 18.3 Å². The summed E-state index contributed by atoms with van der Waals surface area (Å²) < 4.78 is 0. The van der Waals surface area contributed by atoms with Gasteiger partial charge in [0.05, 0.1) is 0 Å². The van der Waals surface area contributed by atoms with E-state index >= 15 is 0 Å². The predicted octanol–water partition coefficient (Wildman–Crippen LogP) is 3.34. The molecule has 3 N–H and O–H groups in total. The highest BCUT2D eigenvalue weighted by Gasteiger charge is 2.60. The first-order chi connectivity index (χ1) is 10.5. The van der Waals surface area contributed by atoms with Gasteiger partial charge in [-0.05, 0) is 49.7 Å². The predicted molar refractivity (Wildman–Crippen MR) is 96.9 cm³/mol. The van der Waals surface area contributed by atoms with Crippen molar-refractivity contribution in [3.63, 3.8) is 0 Å². The number of aryl methyl sites for hydroxylation is 1. The first-order valence-electron chi connectivity index (χ1n) is 8.69. The Morgan fingerprint density at radius 3 is 2.74 bits per heavy atom. The molecule has 1 saturated carbocycles. The van der Waals surface area contributed by atoms with Gasteiger partial charge >= 0.3 is 0 Å². The van der Waals surface area contributed by atoms with Crippen molar-refractivity contribution in [3.05, 3.63) is 35.4 Å². The first-order valence-corrected chi connectivity index (χ1v) is 8.69. The summed E-state index contributed by atoms with van der Waals surface area (Å²) in [4.78, 5) is 12.6. The van der Waals surface area contributed by atoms with Gasteiger partial charge in [-0.1, -0.05) is 38.1 Å². The number of nitrogens with one attached hydrogen (secondary N) is 1. The van der Waals surface area contributed by atoms with Crippen LogP contribution in [0, 0.1) is 5.92 Å². The van der Waals surface area contributed by atoms with Gasteiger partial charge in [0, 0.05) is 23.4 Å². The number of fused-ring (bicyclic) bond motifs is 2. The molecule has 0 aliphatic heterocycles. The van der Waals surface area contributed by atoms with Crippen molar-refractivity contribution in [1.29, 1.82) is 0 Å². The Kier molecular flexibility index (Phi) is 5.42. The van der Waals surface area contributed by atoms with E-state index in [0.717, 1.165) is 32.1 Å². The third-order valence-corrected chi connectivity index (χ3v) is 6.04. The Bertz CT molecular complexity index is 570. The first kappa shape index (κ1) is 18.3. The van der Waals surface area contributed by atoms with Crippen LogP contribution >= 0.6 is 12.4 Å². The van der Waals surface area contributed by atoms with E-state index in [1.54, 1.807) is 0 Å². The molecule has 1 amide bonds. The second kappa shape index (κ2) is 6.82. The Morgan fingerprint density at radius 1 is 1.35 bits per heavy atom. The number of hydrogen-bond donors (Lipinski definition) is 2. The summed E-state index contributed by atoms with van der Waals surface area (Å²) >= 11 is 0. The largest absolute Gasteiger partial charge is 0.354 e. The molecule has 3 nitrogen and oxygen atoms in total. The highest BCUT2D eigenvalue weighted by atomic mass is 35.5. The van der Waals surface area contributed by atoms with E-state index in [-0.39, 0.29) is 35.2 Å². The number of carbonyl (C=O) groups excluding carboxylic acids is 1. The van der Waals surface area contributed by atoms with Crippen molar-refractivity contribution in [2.75, 3.05) is 6.54 Å². The second-order valence-electron chi connectivity index (χ2n) is 7.21. The number of carbonyl (C=O) groups is 1. The minimum atomic E-state index is -0.262. The molecule has 128 valence electrons. The van der Waals surface area contributed by atoms with Crippen LogP contribution in [0.5, 0.6) is 0 Å². The Labute approximate surface area is 145 Å². The van der Waals surface area contributed by atoms with Crippen LogP contribution in [-0.4, -0.2) is 18.0 Å². The molecule has 4 heteroatoms. The minimum Gasteiger partial charge on any atom is -0.354 e. The molecule has 1 spiro atoms. The average molecular weight is 337 g/mol. The van der Waals surface area contributed by atoms with E-state index < -0.39 is 0 Å². The number of rotatable bonds is 5. The fraction of sp³-hybridized carbons (Fsp3) is 0.632. The molecule has 1 aromatic rings. The zero-order valence-corrected chi connectivity index (χ0v) is 15.0. The van der Waals surface area contributed by atoms with Crippen LogP contribution < -0.4 is 11.1 Å². The lowest BCUT2D eigenvalue weighted by Crippen LogP contribution is -2.49. The van der Waals surface area contributed by atoms with Crippen LogP contribution in [0.15, 0.2) is 24.3 Å². The van der Waals surface area contributed by atoms with Crippen molar-refractivity contribution in [2.24, 2.45) is 11.7 Å². The molecule has 2 aliphatic rings. The molecule has 0 bridgehead atoms. The molecular formula is C19H29ClN2O. The lowest BCUT2D eigenvalue weighted by Gasteiger charge is -2.28. The molecule has 2 unspecified atom stereocenters. The molecule has 1 aromatic carbocycles. The molecule has 0 radical (unpaired) electrons. The van der Waals surface area contributed by atoms with Crippen LogP contribution in [-0.2, 0) is 16.6 Å². The van der Waals surface area contributed by atoms with Crippen LogP contribution in [0.1, 0.15) is 57.1 Å². The van der Waals surface area contributed by atoms with E-state index in [1.807, 2.05) is 0 Å². The summed E-state index contributed by atoms with van der Waals surface area (Å²) in [6, 6.07) is 8.68. The van der Waals surface area contributed by atoms with E-state index in [0.29, 0.717) is 6.54 Å². The fourth-order valence-electron chi connectivity index (χ4n) is 4.06. The lowest BCUT2D eigenvalue weighted by atomic mass is 9.78. The van der Waals surface area contributed by atoms with Gasteiger partial charge in [0.15, 0.2) is 0 Å². The van der Waals surface area contributed by atoms with Gasteiger partial charge in [0.2, 0.25) is 5.91 Å². The van der Waals surface area contributed by atoms with Gasteiger partial charge in [-0.25, -0.2) is 0 Å². The molecule has 2 aliphatic carbocycles. The Hall–Kier alpha value is -1.06. The van der Waals surface area contributed by atoms with E-state index in [1.165, 1.54) is 17.5 Å². The van der Waals surface area contributed by atoms with Crippen molar-refractivity contribution in [3.8, 4) is 0 Å². The number of halogens is 1. The van der Waals surface area contributed by atoms with Crippen LogP contribution in [0.25, 0.3) is 0 Å². The minimum absolute atomic E-state index is 0. The maximum Gasteiger partial charge on any atom is 0.224 e. The summed E-state index contributed by atoms with van der Waals surface area (Å²) in [5.41, 5.74) is 9.02. The van der Waals surface area contributed by atoms with Crippen molar-refractivity contribution in [2.45, 2.75) is 63.3 Å². The third-order valence-electron chi connectivity index (χ3n) is 6.04. The number of nitrogens with two attached hydrogens (primary N) is 1. The third kappa shape index (κ3) is 3.27. The number of benzene rings is 1. The van der Waals surface area contributed by atoms with Crippen LogP contribution in [0.4, 0.5) is 0 Å². The second-order valence-corrected chi connectivity index (χ2v) is 7.21. The average Bonchev–Trinajstić information content (AvgIpc) is 3.27. The van der Waals surface area contributed by atoms with Gasteiger partial charge in [-0.2, -0.15) is 0 Å². The maximum atomic E-state index is 12.6. The molecule has 3 rings (SSSR count). The number of amides is 1. The highest BCUT2D eigenvalue weighted by molar-refractivity contribution is 5.85. The Morgan fingerprint density at radius 2 is 2.04 bits per heavy atom. The Balaban J connectivity index is 0.00000192. The normalized spacial score (nSPS) is 25.4. The lowest BCUT2D eigenvalue weighted by molar-refractivity contribution is -0.123. The van der Waals surface area contributed by atoms with E-state index in [9.17, 15) is 4.79 Å². The monoisotopic (exact) mass is 336 g/mol. The fourth-order valence-corrected chi connectivity index (χ4v) is 4.06. The summed E-state index contributed by atoms with van der Waals surface area (Å²) in [5, 5.41) is 3.13. The molecule has 2 atom stereocenters. The SMILES string of the molecule is CCC(N)(CC)CNC(=O)C1CC12CCCc1ccccc12.Cl. The van der Waals surface area contributed by atoms with Gasteiger partial charge in [-0.3, -0.25) is 4.79 Å². The van der Waals surface area contributed by atoms with Gasteiger partial charge in [0.25, 0.3) is 0 Å². The molecule has 23 heavy (non-hydrogen) atoms. The van der Waals surface area contributed by atoms with Gasteiger partial charge in [-0.15, -0.1) is 12.4 Å². The molecule has 1 fully saturated rings. The van der Waals surface area contributed by atoms with Gasteiger partial charge in [0.1, 0.15) is 0 Å². The molecule has 0 saturated heterocycles. The maximum absolute atomic E-state index is 12.6. The standard InChI is InChI=1S/C19H28N2O.ClH/c1-3-18(20,4-2)13-21-17(22)16-12-19(16)11-7-9-14-8-5-6-10-15(14)19;/h5-6,8,10,16H,3-4,7,9,11-13,20H2,1-2H3,(H,21,22);1H. The number of hydrogen-bond acceptors (Lipinski definition) is 2. The van der Waals surface area contributed by atoms with Gasteiger partial charge < -0.3 is 11.1 Å². The van der Waals surface area contributed by atoms with E-state index in [2.05, 4.69) is 43.4 Å². The summed E-state index contributed by atoms with van der Waals surface area (Å²) in [5.74, 6) is 0.348. The smallest absolute Gasteiger partial charge is 0.224 e. The van der Waals surface area contributed by atoms with Crippen molar-refractivity contribution < 1.29 is 4.79 Å². The molecule has 0 aromatic heterocycles. The van der Waals surface area contributed by atoms with Crippen LogP contribution in [0.3, 0.4) is 0 Å². The zero-order valence-electron chi connectivity index (χ0n) is 14.2. The van der Waals surface area contributed by atoms with E-state index in [4.69, 9.17) is 5.73 Å². The topological polar surface area (TPSA) is 55.1 Å². The zero-order chi connectivity index (χ0) is 15.8. The summed E-state index contributed by atoms with van der Waals surface area (Å²) in [6.07, 6.45) is 6.29. The van der Waals surface area contributed by atoms with Crippen LogP contribution in [0.2, 0.25) is 0 Å². The molecule has 0 heterocycles. The van der Waals surface area contributed by atoms with Crippen molar-refractivity contribution in [1.82, 2.24) is 5.32 Å². The summed E-state index contributed by atoms with van der Waals surface area (Å²) in [7, 11) is 0. The summed E-state index contributed by atoms with van der Waals surface area (Å²) in [6.45, 7) is 4.77. The quantitative estimate of drug-likeness (QED) is 0.866. The highest BCUT2D eigenvalue weighted by Crippen LogP contribution is 2.60.